The van der Waals surface area contributed by atoms with Crippen LogP contribution in [0.1, 0.15) is 40.5 Å². The van der Waals surface area contributed by atoms with Gasteiger partial charge in [0, 0.05) is 18.0 Å². The van der Waals surface area contributed by atoms with E-state index in [-0.39, 0.29) is 11.2 Å². The van der Waals surface area contributed by atoms with Crippen molar-refractivity contribution in [1.82, 2.24) is 4.31 Å². The third kappa shape index (κ3) is 8.54. The van der Waals surface area contributed by atoms with Crippen molar-refractivity contribution in [2.75, 3.05) is 13.1 Å². The van der Waals surface area contributed by atoms with E-state index in [1.165, 1.54) is 12.1 Å². The Balaban J connectivity index is 2.61. The zero-order valence-electron chi connectivity index (χ0n) is 13.5. The van der Waals surface area contributed by atoms with Gasteiger partial charge in [0.1, 0.15) is 5.75 Å². The fourth-order valence-corrected chi connectivity index (χ4v) is 2.78. The van der Waals surface area contributed by atoms with Crippen molar-refractivity contribution in [2.24, 2.45) is 5.41 Å². The predicted molar refractivity (Wildman–Crippen MR) is 84.9 cm³/mol. The van der Waals surface area contributed by atoms with Gasteiger partial charge in [-0.15, -0.1) is 13.2 Å². The van der Waals surface area contributed by atoms with Crippen LogP contribution in [-0.2, 0) is 0 Å². The van der Waals surface area contributed by atoms with E-state index in [1.807, 2.05) is 0 Å². The average Bonchev–Trinajstić information content (AvgIpc) is 2.36. The first-order chi connectivity index (χ1) is 10.1. The summed E-state index contributed by atoms with van der Waals surface area (Å²) in [6.45, 7) is 10.6. The smallest absolute Gasteiger partial charge is 0.406 e. The number of hydrogen-bond donors (Lipinski definition) is 0. The molecule has 0 bridgehead atoms. The van der Waals surface area contributed by atoms with Gasteiger partial charge in [-0.2, -0.15) is 0 Å². The molecule has 1 aromatic carbocycles. The molecular formula is C16H24F3NOS. The fraction of sp³-hybridized carbons (Fsp3) is 0.625. The van der Waals surface area contributed by atoms with Crippen LogP contribution >= 0.6 is 11.9 Å². The molecular weight excluding hydrogens is 311 g/mol. The molecule has 0 saturated heterocycles. The molecule has 0 unspecified atom stereocenters. The molecule has 0 aromatic heterocycles. The Morgan fingerprint density at radius 3 is 2.09 bits per heavy atom. The topological polar surface area (TPSA) is 12.5 Å². The summed E-state index contributed by atoms with van der Waals surface area (Å²) in [5, 5.41) is 0. The third-order valence-electron chi connectivity index (χ3n) is 2.88. The number of halogens is 3. The van der Waals surface area contributed by atoms with E-state index in [0.29, 0.717) is 0 Å². The molecule has 0 atom stereocenters. The Morgan fingerprint density at radius 2 is 1.64 bits per heavy atom. The van der Waals surface area contributed by atoms with Gasteiger partial charge in [-0.05, 0) is 54.5 Å². The van der Waals surface area contributed by atoms with E-state index in [1.54, 1.807) is 24.1 Å². The second kappa shape index (κ2) is 8.11. The first-order valence-electron chi connectivity index (χ1n) is 7.38. The summed E-state index contributed by atoms with van der Waals surface area (Å²) in [5.41, 5.74) is 0.261. The molecule has 0 amide bonds. The van der Waals surface area contributed by atoms with Crippen molar-refractivity contribution < 1.29 is 17.9 Å². The molecule has 0 aliphatic rings. The minimum absolute atomic E-state index is 0.186. The van der Waals surface area contributed by atoms with Gasteiger partial charge in [-0.25, -0.2) is 4.31 Å². The Morgan fingerprint density at radius 1 is 1.05 bits per heavy atom. The quantitative estimate of drug-likeness (QED) is 0.590. The first-order valence-corrected chi connectivity index (χ1v) is 8.15. The van der Waals surface area contributed by atoms with Crippen LogP contribution in [0.3, 0.4) is 0 Å². The summed E-state index contributed by atoms with van der Waals surface area (Å²) in [5.74, 6) is -0.186. The number of benzene rings is 1. The zero-order valence-corrected chi connectivity index (χ0v) is 14.4. The highest BCUT2D eigenvalue weighted by Gasteiger charge is 2.31. The van der Waals surface area contributed by atoms with E-state index in [2.05, 4.69) is 36.7 Å². The van der Waals surface area contributed by atoms with Crippen LogP contribution in [0.4, 0.5) is 13.2 Å². The SMILES string of the molecule is CCCN(CCC(C)(C)C)Sc1ccc(OC(F)(F)F)cc1. The Labute approximate surface area is 135 Å². The van der Waals surface area contributed by atoms with Crippen molar-refractivity contribution in [3.63, 3.8) is 0 Å². The Bertz CT molecular complexity index is 440. The molecule has 0 radical (unpaired) electrons. The van der Waals surface area contributed by atoms with Crippen molar-refractivity contribution in [3.05, 3.63) is 24.3 Å². The summed E-state index contributed by atoms with van der Waals surface area (Å²) >= 11 is 1.58. The molecule has 2 nitrogen and oxygen atoms in total. The molecule has 0 heterocycles. The number of ether oxygens (including phenoxy) is 1. The van der Waals surface area contributed by atoms with Gasteiger partial charge >= 0.3 is 6.36 Å². The molecule has 0 saturated carbocycles. The maximum Gasteiger partial charge on any atom is 0.573 e. The Hall–Kier alpha value is -0.880. The molecule has 0 spiro atoms. The lowest BCUT2D eigenvalue weighted by atomic mass is 9.92. The Kier molecular flexibility index (Phi) is 7.06. The maximum atomic E-state index is 12.1. The van der Waals surface area contributed by atoms with Crippen LogP contribution in [0.25, 0.3) is 0 Å². The highest BCUT2D eigenvalue weighted by atomic mass is 32.2. The number of hydrogen-bond acceptors (Lipinski definition) is 3. The molecule has 22 heavy (non-hydrogen) atoms. The number of alkyl halides is 3. The van der Waals surface area contributed by atoms with Gasteiger partial charge in [0.15, 0.2) is 0 Å². The molecule has 0 N–H and O–H groups in total. The normalized spacial score (nSPS) is 12.7. The largest absolute Gasteiger partial charge is 0.573 e. The molecule has 6 heteroatoms. The lowest BCUT2D eigenvalue weighted by molar-refractivity contribution is -0.274. The predicted octanol–water partition coefficient (Wildman–Crippen LogP) is 5.74. The summed E-state index contributed by atoms with van der Waals surface area (Å²) in [6.07, 6.45) is -2.54. The second-order valence-corrected chi connectivity index (χ2v) is 7.52. The van der Waals surface area contributed by atoms with Gasteiger partial charge in [0.2, 0.25) is 0 Å². The van der Waals surface area contributed by atoms with E-state index in [0.717, 1.165) is 30.8 Å². The van der Waals surface area contributed by atoms with Crippen molar-refractivity contribution in [3.8, 4) is 5.75 Å². The highest BCUT2D eigenvalue weighted by molar-refractivity contribution is 7.97. The molecule has 0 aliphatic carbocycles. The standard InChI is InChI=1S/C16H24F3NOS/c1-5-11-20(12-10-15(2,3)4)22-14-8-6-13(7-9-14)21-16(17,18)19/h6-9H,5,10-12H2,1-4H3. The third-order valence-corrected chi connectivity index (χ3v) is 3.98. The number of rotatable bonds is 7. The van der Waals surface area contributed by atoms with Gasteiger partial charge in [-0.3, -0.25) is 0 Å². The summed E-state index contributed by atoms with van der Waals surface area (Å²) in [7, 11) is 0. The summed E-state index contributed by atoms with van der Waals surface area (Å²) in [4.78, 5) is 0.914. The van der Waals surface area contributed by atoms with Gasteiger partial charge in [0.25, 0.3) is 0 Å². The summed E-state index contributed by atoms with van der Waals surface area (Å²) in [6, 6.07) is 6.02. The molecule has 1 rings (SSSR count). The highest BCUT2D eigenvalue weighted by Crippen LogP contribution is 2.29. The maximum absolute atomic E-state index is 12.1. The van der Waals surface area contributed by atoms with Crippen LogP contribution in [0.2, 0.25) is 0 Å². The lowest BCUT2D eigenvalue weighted by Gasteiger charge is -2.25. The summed E-state index contributed by atoms with van der Waals surface area (Å²) < 4.78 is 42.5. The van der Waals surface area contributed by atoms with Crippen LogP contribution in [0.5, 0.6) is 5.75 Å². The molecule has 0 fully saturated rings. The van der Waals surface area contributed by atoms with Gasteiger partial charge < -0.3 is 4.74 Å². The van der Waals surface area contributed by atoms with Gasteiger partial charge in [-0.1, -0.05) is 27.7 Å². The van der Waals surface area contributed by atoms with Crippen LogP contribution in [-0.4, -0.2) is 23.8 Å². The average molecular weight is 335 g/mol. The van der Waals surface area contributed by atoms with E-state index in [4.69, 9.17) is 0 Å². The van der Waals surface area contributed by atoms with Gasteiger partial charge in [0.05, 0.1) is 0 Å². The molecule has 1 aromatic rings. The van der Waals surface area contributed by atoms with Crippen molar-refractivity contribution in [1.29, 1.82) is 0 Å². The van der Waals surface area contributed by atoms with Crippen LogP contribution < -0.4 is 4.74 Å². The van der Waals surface area contributed by atoms with Crippen LogP contribution in [0, 0.1) is 5.41 Å². The second-order valence-electron chi connectivity index (χ2n) is 6.35. The fourth-order valence-electron chi connectivity index (χ4n) is 1.76. The van der Waals surface area contributed by atoms with E-state index in [9.17, 15) is 13.2 Å². The van der Waals surface area contributed by atoms with E-state index < -0.39 is 6.36 Å². The van der Waals surface area contributed by atoms with Crippen molar-refractivity contribution >= 4 is 11.9 Å². The minimum Gasteiger partial charge on any atom is -0.406 e. The molecule has 0 aliphatic heterocycles. The van der Waals surface area contributed by atoms with Crippen molar-refractivity contribution in [2.45, 2.75) is 51.8 Å². The number of nitrogens with zero attached hydrogens (tertiary/aromatic N) is 1. The zero-order chi connectivity index (χ0) is 16.8. The minimum atomic E-state index is -4.64. The monoisotopic (exact) mass is 335 g/mol. The first kappa shape index (κ1) is 19.2. The molecule has 126 valence electrons. The lowest BCUT2D eigenvalue weighted by Crippen LogP contribution is -2.22. The van der Waals surface area contributed by atoms with Crippen LogP contribution in [0.15, 0.2) is 29.2 Å². The van der Waals surface area contributed by atoms with E-state index >= 15 is 0 Å².